The molecule has 0 aliphatic carbocycles. The first-order valence-corrected chi connectivity index (χ1v) is 3.20. The molecule has 0 radical (unpaired) electrons. The first-order chi connectivity index (χ1) is 6.32. The van der Waals surface area contributed by atoms with Crippen molar-refractivity contribution in [1.29, 1.82) is 0 Å². The SMILES string of the molecule is C/C(=C(\F)C(F)(F)C(F)(F)F)C(F)(F)F. The third-order valence-electron chi connectivity index (χ3n) is 1.39. The van der Waals surface area contributed by atoms with Gasteiger partial charge in [0.05, 0.1) is 5.57 Å². The fourth-order valence-electron chi connectivity index (χ4n) is 0.484. The van der Waals surface area contributed by atoms with Crippen LogP contribution in [-0.2, 0) is 0 Å². The summed E-state index contributed by atoms with van der Waals surface area (Å²) in [5.74, 6) is -9.67. The Morgan fingerprint density at radius 3 is 1.33 bits per heavy atom. The van der Waals surface area contributed by atoms with Gasteiger partial charge in [-0.25, -0.2) is 4.39 Å². The largest absolute Gasteiger partial charge is 0.460 e. The average Bonchev–Trinajstić information content (AvgIpc) is 1.97. The third-order valence-corrected chi connectivity index (χ3v) is 1.39. The molecule has 0 bridgehead atoms. The maximum atomic E-state index is 12.3. The van der Waals surface area contributed by atoms with Crippen LogP contribution in [-0.4, -0.2) is 18.3 Å². The lowest BCUT2D eigenvalue weighted by Crippen LogP contribution is -2.38. The first kappa shape index (κ1) is 14.1. The molecule has 0 fully saturated rings. The van der Waals surface area contributed by atoms with E-state index < -0.39 is 29.7 Å². The summed E-state index contributed by atoms with van der Waals surface area (Å²) in [6, 6.07) is 0. The summed E-state index contributed by atoms with van der Waals surface area (Å²) in [5, 5.41) is 0. The number of alkyl halides is 8. The van der Waals surface area contributed by atoms with Crippen LogP contribution in [0.2, 0.25) is 0 Å². The van der Waals surface area contributed by atoms with Gasteiger partial charge in [-0.1, -0.05) is 0 Å². The summed E-state index contributed by atoms with van der Waals surface area (Å²) in [6.45, 7) is -0.199. The quantitative estimate of drug-likeness (QED) is 0.613. The molecule has 0 nitrogen and oxygen atoms in total. The first-order valence-electron chi connectivity index (χ1n) is 3.20. The third kappa shape index (κ3) is 2.78. The highest BCUT2D eigenvalue weighted by molar-refractivity contribution is 5.19. The van der Waals surface area contributed by atoms with E-state index in [2.05, 4.69) is 0 Å². The Morgan fingerprint density at radius 2 is 1.13 bits per heavy atom. The normalized spacial score (nSPS) is 16.4. The van der Waals surface area contributed by atoms with Crippen molar-refractivity contribution in [3.05, 3.63) is 11.4 Å². The van der Waals surface area contributed by atoms with Crippen LogP contribution < -0.4 is 0 Å². The number of rotatable bonds is 1. The minimum atomic E-state index is -6.40. The molecule has 0 N–H and O–H groups in total. The topological polar surface area (TPSA) is 0 Å². The molecule has 0 atom stereocenters. The van der Waals surface area contributed by atoms with E-state index in [0.717, 1.165) is 0 Å². The molecule has 0 spiro atoms. The van der Waals surface area contributed by atoms with E-state index in [1.165, 1.54) is 0 Å². The molecule has 0 unspecified atom stereocenters. The lowest BCUT2D eigenvalue weighted by Gasteiger charge is -2.20. The highest BCUT2D eigenvalue weighted by Crippen LogP contribution is 2.45. The number of hydrogen-bond donors (Lipinski definition) is 0. The molecule has 0 saturated carbocycles. The van der Waals surface area contributed by atoms with Crippen molar-refractivity contribution < 1.29 is 39.5 Å². The molecule has 9 heteroatoms. The molecule has 0 aromatic heterocycles. The summed E-state index contributed by atoms with van der Waals surface area (Å²) >= 11 is 0. The van der Waals surface area contributed by atoms with Gasteiger partial charge in [-0.2, -0.15) is 35.1 Å². The predicted molar refractivity (Wildman–Crippen MR) is 30.9 cm³/mol. The second kappa shape index (κ2) is 3.60. The van der Waals surface area contributed by atoms with E-state index in [1.807, 2.05) is 0 Å². The van der Waals surface area contributed by atoms with E-state index >= 15 is 0 Å². The lowest BCUT2D eigenvalue weighted by atomic mass is 10.1. The highest BCUT2D eigenvalue weighted by Gasteiger charge is 2.63. The van der Waals surface area contributed by atoms with E-state index in [0.29, 0.717) is 0 Å². The van der Waals surface area contributed by atoms with Crippen molar-refractivity contribution in [2.45, 2.75) is 25.2 Å². The van der Waals surface area contributed by atoms with Crippen LogP contribution >= 0.6 is 0 Å². The molecule has 0 amide bonds. The number of halogens is 9. The average molecular weight is 246 g/mol. The lowest BCUT2D eigenvalue weighted by molar-refractivity contribution is -0.272. The number of allylic oxidation sites excluding steroid dienone is 2. The Morgan fingerprint density at radius 1 is 0.800 bits per heavy atom. The van der Waals surface area contributed by atoms with Gasteiger partial charge < -0.3 is 0 Å². The summed E-state index contributed by atoms with van der Waals surface area (Å²) in [7, 11) is 0. The van der Waals surface area contributed by atoms with Gasteiger partial charge >= 0.3 is 18.3 Å². The summed E-state index contributed by atoms with van der Waals surface area (Å²) in [4.78, 5) is 0. The smallest absolute Gasteiger partial charge is 0.204 e. The van der Waals surface area contributed by atoms with E-state index in [4.69, 9.17) is 0 Å². The molecule has 0 heterocycles. The fraction of sp³-hybridized carbons (Fsp3) is 0.667. The Balaban J connectivity index is 5.44. The van der Waals surface area contributed by atoms with Crippen LogP contribution in [0.3, 0.4) is 0 Å². The van der Waals surface area contributed by atoms with Crippen molar-refractivity contribution in [2.24, 2.45) is 0 Å². The zero-order valence-corrected chi connectivity index (χ0v) is 6.90. The summed E-state index contributed by atoms with van der Waals surface area (Å²) < 4.78 is 106. The van der Waals surface area contributed by atoms with Crippen molar-refractivity contribution >= 4 is 0 Å². The van der Waals surface area contributed by atoms with Gasteiger partial charge in [-0.15, -0.1) is 0 Å². The maximum absolute atomic E-state index is 12.3. The van der Waals surface area contributed by atoms with Crippen LogP contribution in [0.5, 0.6) is 0 Å². The zero-order chi connectivity index (χ0) is 12.7. The van der Waals surface area contributed by atoms with Gasteiger partial charge in [0.15, 0.2) is 5.83 Å². The Kier molecular flexibility index (Phi) is 3.39. The molecule has 15 heavy (non-hydrogen) atoms. The molecule has 0 rings (SSSR count). The van der Waals surface area contributed by atoms with Gasteiger partial charge in [0.25, 0.3) is 0 Å². The predicted octanol–water partition coefficient (Wildman–Crippen LogP) is 3.99. The van der Waals surface area contributed by atoms with Crippen LogP contribution in [0, 0.1) is 0 Å². The Bertz CT molecular complexity index is 265. The van der Waals surface area contributed by atoms with Gasteiger partial charge in [-0.05, 0) is 6.92 Å². The van der Waals surface area contributed by atoms with Crippen LogP contribution in [0.4, 0.5) is 39.5 Å². The van der Waals surface area contributed by atoms with Crippen molar-refractivity contribution in [3.8, 4) is 0 Å². The van der Waals surface area contributed by atoms with Crippen molar-refractivity contribution in [1.82, 2.24) is 0 Å². The van der Waals surface area contributed by atoms with E-state index in [1.54, 1.807) is 0 Å². The second-order valence-electron chi connectivity index (χ2n) is 2.51. The van der Waals surface area contributed by atoms with Crippen LogP contribution in [0.25, 0.3) is 0 Å². The van der Waals surface area contributed by atoms with Gasteiger partial charge in [0, 0.05) is 0 Å². The molecule has 0 aromatic rings. The summed E-state index contributed by atoms with van der Waals surface area (Å²) in [5.41, 5.74) is -2.61. The number of hydrogen-bond acceptors (Lipinski definition) is 0. The fourth-order valence-corrected chi connectivity index (χ4v) is 0.484. The molecular weight excluding hydrogens is 243 g/mol. The standard InChI is InChI=1S/C6H3F9/c1-2(5(10,11)12)3(7)4(8,9)6(13,14)15/h1H3/b3-2+. The minimum absolute atomic E-state index is 0.199. The van der Waals surface area contributed by atoms with Crippen LogP contribution in [0.15, 0.2) is 11.4 Å². The monoisotopic (exact) mass is 246 g/mol. The van der Waals surface area contributed by atoms with Crippen LogP contribution in [0.1, 0.15) is 6.92 Å². The van der Waals surface area contributed by atoms with E-state index in [-0.39, 0.29) is 6.92 Å². The van der Waals surface area contributed by atoms with Gasteiger partial charge in [-0.3, -0.25) is 0 Å². The second-order valence-corrected chi connectivity index (χ2v) is 2.51. The maximum Gasteiger partial charge on any atom is 0.460 e. The highest BCUT2D eigenvalue weighted by atomic mass is 19.4. The molecule has 0 aliphatic heterocycles. The minimum Gasteiger partial charge on any atom is -0.204 e. The Labute approximate surface area is 77.4 Å². The van der Waals surface area contributed by atoms with Crippen molar-refractivity contribution in [3.63, 3.8) is 0 Å². The van der Waals surface area contributed by atoms with Crippen molar-refractivity contribution in [2.75, 3.05) is 0 Å². The van der Waals surface area contributed by atoms with Gasteiger partial charge in [0.2, 0.25) is 0 Å². The van der Waals surface area contributed by atoms with E-state index in [9.17, 15) is 39.5 Å². The van der Waals surface area contributed by atoms with Gasteiger partial charge in [0.1, 0.15) is 0 Å². The zero-order valence-electron chi connectivity index (χ0n) is 6.90. The molecular formula is C6H3F9. The molecule has 0 aliphatic rings. The molecule has 0 saturated heterocycles. The summed E-state index contributed by atoms with van der Waals surface area (Å²) in [6.07, 6.45) is -12.0. The molecule has 0 aromatic carbocycles. The Hall–Kier alpha value is -0.890. The molecule has 90 valence electrons.